The summed E-state index contributed by atoms with van der Waals surface area (Å²) in [5.41, 5.74) is 3.46. The van der Waals surface area contributed by atoms with Crippen LogP contribution in [0.2, 0.25) is 0 Å². The number of hydrogen-bond donors (Lipinski definition) is 0. The molecule has 1 saturated carbocycles. The van der Waals surface area contributed by atoms with E-state index in [4.69, 9.17) is 0 Å². The van der Waals surface area contributed by atoms with Crippen LogP contribution in [0.5, 0.6) is 0 Å². The highest BCUT2D eigenvalue weighted by Crippen LogP contribution is 2.38. The molecular formula is C14H22. The highest BCUT2D eigenvalue weighted by Gasteiger charge is 2.22. The Morgan fingerprint density at radius 3 is 2.57 bits per heavy atom. The summed E-state index contributed by atoms with van der Waals surface area (Å²) in [7, 11) is 0. The van der Waals surface area contributed by atoms with Gasteiger partial charge in [-0.15, -0.1) is 0 Å². The van der Waals surface area contributed by atoms with Crippen LogP contribution < -0.4 is 0 Å². The van der Waals surface area contributed by atoms with Gasteiger partial charge < -0.3 is 0 Å². The number of rotatable bonds is 2. The van der Waals surface area contributed by atoms with Gasteiger partial charge in [-0.25, -0.2) is 0 Å². The van der Waals surface area contributed by atoms with E-state index >= 15 is 0 Å². The van der Waals surface area contributed by atoms with E-state index in [0.29, 0.717) is 0 Å². The summed E-state index contributed by atoms with van der Waals surface area (Å²) in [6.07, 6.45) is 13.2. The van der Waals surface area contributed by atoms with E-state index in [1.807, 2.05) is 0 Å². The summed E-state index contributed by atoms with van der Waals surface area (Å²) in [4.78, 5) is 0. The van der Waals surface area contributed by atoms with E-state index in [1.165, 1.54) is 38.5 Å². The van der Waals surface area contributed by atoms with E-state index in [-0.39, 0.29) is 0 Å². The van der Waals surface area contributed by atoms with Gasteiger partial charge in [0.2, 0.25) is 0 Å². The van der Waals surface area contributed by atoms with Crippen molar-refractivity contribution in [1.82, 2.24) is 0 Å². The van der Waals surface area contributed by atoms with Crippen LogP contribution in [0.3, 0.4) is 0 Å². The summed E-state index contributed by atoms with van der Waals surface area (Å²) >= 11 is 0. The predicted molar refractivity (Wildman–Crippen MR) is 62.2 cm³/mol. The molecule has 2 aliphatic carbocycles. The van der Waals surface area contributed by atoms with Crippen molar-refractivity contribution in [2.45, 2.75) is 52.4 Å². The van der Waals surface area contributed by atoms with Gasteiger partial charge in [-0.2, -0.15) is 0 Å². The summed E-state index contributed by atoms with van der Waals surface area (Å²) in [5, 5.41) is 0. The lowest BCUT2D eigenvalue weighted by Gasteiger charge is -2.23. The summed E-state index contributed by atoms with van der Waals surface area (Å²) < 4.78 is 0. The fourth-order valence-electron chi connectivity index (χ4n) is 2.96. The molecule has 0 heteroatoms. The Morgan fingerprint density at radius 1 is 1.21 bits per heavy atom. The first-order chi connectivity index (χ1) is 6.79. The Bertz CT molecular complexity index is 249. The van der Waals surface area contributed by atoms with Crippen molar-refractivity contribution >= 4 is 0 Å². The van der Waals surface area contributed by atoms with Crippen LogP contribution in [0.15, 0.2) is 23.3 Å². The first-order valence-corrected chi connectivity index (χ1v) is 6.18. The molecule has 1 fully saturated rings. The molecule has 0 N–H and O–H groups in total. The average molecular weight is 190 g/mol. The van der Waals surface area contributed by atoms with Crippen LogP contribution >= 0.6 is 0 Å². The van der Waals surface area contributed by atoms with Gasteiger partial charge in [-0.3, -0.25) is 0 Å². The average Bonchev–Trinajstić information content (AvgIpc) is 2.70. The van der Waals surface area contributed by atoms with Crippen LogP contribution in [0.4, 0.5) is 0 Å². The topological polar surface area (TPSA) is 0 Å². The normalized spacial score (nSPS) is 23.9. The quantitative estimate of drug-likeness (QED) is 0.602. The third kappa shape index (κ3) is 1.94. The van der Waals surface area contributed by atoms with Crippen LogP contribution in [-0.4, -0.2) is 0 Å². The summed E-state index contributed by atoms with van der Waals surface area (Å²) in [5.74, 6) is 1.67. The van der Waals surface area contributed by atoms with Gasteiger partial charge in [0.1, 0.15) is 0 Å². The van der Waals surface area contributed by atoms with Crippen molar-refractivity contribution in [1.29, 1.82) is 0 Å². The maximum Gasteiger partial charge on any atom is -0.0162 e. The molecule has 78 valence electrons. The monoisotopic (exact) mass is 190 g/mol. The molecule has 0 radical (unpaired) electrons. The molecule has 0 aliphatic heterocycles. The van der Waals surface area contributed by atoms with E-state index in [0.717, 1.165) is 11.8 Å². The molecule has 2 aliphatic rings. The van der Waals surface area contributed by atoms with Gasteiger partial charge in [0.05, 0.1) is 0 Å². The Morgan fingerprint density at radius 2 is 1.93 bits per heavy atom. The zero-order chi connectivity index (χ0) is 9.97. The van der Waals surface area contributed by atoms with Crippen molar-refractivity contribution < 1.29 is 0 Å². The molecular weight excluding hydrogens is 168 g/mol. The molecule has 0 aromatic rings. The lowest BCUT2D eigenvalue weighted by atomic mass is 9.82. The van der Waals surface area contributed by atoms with Gasteiger partial charge in [0.25, 0.3) is 0 Å². The molecule has 2 rings (SSSR count). The largest absolute Gasteiger partial charge is 0.0839 e. The second-order valence-corrected chi connectivity index (χ2v) is 5.06. The van der Waals surface area contributed by atoms with Gasteiger partial charge in [0, 0.05) is 0 Å². The molecule has 0 atom stereocenters. The van der Waals surface area contributed by atoms with Gasteiger partial charge in [0.15, 0.2) is 0 Å². The minimum Gasteiger partial charge on any atom is -0.0839 e. The highest BCUT2D eigenvalue weighted by atomic mass is 14.3. The second kappa shape index (κ2) is 4.33. The molecule has 0 aromatic heterocycles. The molecule has 0 nitrogen and oxygen atoms in total. The minimum absolute atomic E-state index is 0.760. The molecule has 0 aromatic carbocycles. The molecule has 0 amide bonds. The Kier molecular flexibility index (Phi) is 3.10. The van der Waals surface area contributed by atoms with E-state index < -0.39 is 0 Å². The van der Waals surface area contributed by atoms with Gasteiger partial charge >= 0.3 is 0 Å². The number of allylic oxidation sites excluding steroid dienone is 4. The molecule has 14 heavy (non-hydrogen) atoms. The smallest absolute Gasteiger partial charge is 0.0162 e. The molecule has 0 heterocycles. The third-order valence-electron chi connectivity index (χ3n) is 3.74. The maximum absolute atomic E-state index is 2.43. The predicted octanol–water partition coefficient (Wildman–Crippen LogP) is 4.48. The van der Waals surface area contributed by atoms with Crippen LogP contribution in [0.25, 0.3) is 0 Å². The van der Waals surface area contributed by atoms with Gasteiger partial charge in [-0.1, -0.05) is 44.4 Å². The Balaban J connectivity index is 2.22. The van der Waals surface area contributed by atoms with Crippen molar-refractivity contribution in [3.05, 3.63) is 23.3 Å². The fourth-order valence-corrected chi connectivity index (χ4v) is 2.96. The van der Waals surface area contributed by atoms with Crippen molar-refractivity contribution in [3.63, 3.8) is 0 Å². The van der Waals surface area contributed by atoms with Crippen LogP contribution in [0.1, 0.15) is 52.4 Å². The zero-order valence-corrected chi connectivity index (χ0v) is 9.55. The Hall–Kier alpha value is -0.520. The van der Waals surface area contributed by atoms with Crippen molar-refractivity contribution in [3.8, 4) is 0 Å². The highest BCUT2D eigenvalue weighted by molar-refractivity contribution is 5.33. The SMILES string of the molecule is CC(C)C1=C(C2CCCC2)C=CCC1. The first kappa shape index (κ1) is 10.0. The zero-order valence-electron chi connectivity index (χ0n) is 9.55. The lowest BCUT2D eigenvalue weighted by Crippen LogP contribution is -2.08. The minimum atomic E-state index is 0.760. The first-order valence-electron chi connectivity index (χ1n) is 6.18. The summed E-state index contributed by atoms with van der Waals surface area (Å²) in [6, 6.07) is 0. The van der Waals surface area contributed by atoms with Crippen molar-refractivity contribution in [2.24, 2.45) is 11.8 Å². The van der Waals surface area contributed by atoms with Gasteiger partial charge in [-0.05, 0) is 43.1 Å². The summed E-state index contributed by atoms with van der Waals surface area (Å²) in [6.45, 7) is 4.70. The van der Waals surface area contributed by atoms with E-state index in [1.54, 1.807) is 11.1 Å². The standard InChI is InChI=1S/C14H22/c1-11(2)13-9-5-6-10-14(13)12-7-3-4-8-12/h6,10-12H,3-5,7-9H2,1-2H3. The third-order valence-corrected chi connectivity index (χ3v) is 3.74. The second-order valence-electron chi connectivity index (χ2n) is 5.06. The maximum atomic E-state index is 2.43. The van der Waals surface area contributed by atoms with Crippen LogP contribution in [-0.2, 0) is 0 Å². The molecule has 0 saturated heterocycles. The number of hydrogen-bond acceptors (Lipinski definition) is 0. The Labute approximate surface area is 88.1 Å². The van der Waals surface area contributed by atoms with E-state index in [2.05, 4.69) is 26.0 Å². The lowest BCUT2D eigenvalue weighted by molar-refractivity contribution is 0.605. The molecule has 0 unspecified atom stereocenters. The van der Waals surface area contributed by atoms with Crippen molar-refractivity contribution in [2.75, 3.05) is 0 Å². The van der Waals surface area contributed by atoms with E-state index in [9.17, 15) is 0 Å². The molecule has 0 spiro atoms. The fraction of sp³-hybridized carbons (Fsp3) is 0.714. The van der Waals surface area contributed by atoms with Crippen LogP contribution in [0, 0.1) is 11.8 Å². The molecule has 0 bridgehead atoms.